The number of benzene rings is 1. The summed E-state index contributed by atoms with van der Waals surface area (Å²) in [5.41, 5.74) is 1.66. The van der Waals surface area contributed by atoms with Gasteiger partial charge in [-0.3, -0.25) is 9.59 Å². The average Bonchev–Trinajstić information content (AvgIpc) is 3.40. The Balaban J connectivity index is 1.31. The van der Waals surface area contributed by atoms with Gasteiger partial charge >= 0.3 is 0 Å². The highest BCUT2D eigenvalue weighted by Crippen LogP contribution is 2.22. The Morgan fingerprint density at radius 2 is 2.10 bits per heavy atom. The number of aryl methyl sites for hydroxylation is 1. The Kier molecular flexibility index (Phi) is 5.92. The largest absolute Gasteiger partial charge is 0.369 e. The van der Waals surface area contributed by atoms with E-state index in [2.05, 4.69) is 20.3 Å². The number of anilines is 1. The van der Waals surface area contributed by atoms with Crippen LogP contribution >= 0.6 is 0 Å². The number of carbonyl (C=O) groups excluding carboxylic acids is 1. The number of nitrogens with one attached hydrogen (secondary N) is 1. The first-order valence-electron chi connectivity index (χ1n) is 10.2. The molecule has 4 rings (SSSR count). The van der Waals surface area contributed by atoms with Gasteiger partial charge in [-0.25, -0.2) is 9.67 Å². The van der Waals surface area contributed by atoms with Gasteiger partial charge in [-0.1, -0.05) is 30.3 Å². The van der Waals surface area contributed by atoms with Crippen molar-refractivity contribution >= 4 is 11.6 Å². The molecule has 3 aromatic rings. The zero-order valence-electron chi connectivity index (χ0n) is 17.1. The summed E-state index contributed by atoms with van der Waals surface area (Å²) in [5, 5.41) is 7.34. The Bertz CT molecular complexity index is 1060. The van der Waals surface area contributed by atoms with E-state index in [1.54, 1.807) is 18.5 Å². The van der Waals surface area contributed by atoms with E-state index in [0.717, 1.165) is 30.0 Å². The van der Waals surface area contributed by atoms with Gasteiger partial charge in [-0.05, 0) is 18.9 Å². The summed E-state index contributed by atoms with van der Waals surface area (Å²) in [5.74, 6) is 0.909. The molecule has 1 amide bonds. The molecule has 156 valence electrons. The van der Waals surface area contributed by atoms with Crippen molar-refractivity contribution in [1.82, 2.24) is 24.6 Å². The second-order valence-corrected chi connectivity index (χ2v) is 7.59. The lowest BCUT2D eigenvalue weighted by atomic mass is 10.1. The SMILES string of the molecule is Cc1nccn1CCNC(=O)[C@H]1CCN(c2cnn(Cc3ccccc3)c(=O)c2)C1. The van der Waals surface area contributed by atoms with Crippen LogP contribution in [-0.4, -0.2) is 44.9 Å². The van der Waals surface area contributed by atoms with E-state index in [4.69, 9.17) is 0 Å². The van der Waals surface area contributed by atoms with E-state index in [1.165, 1.54) is 4.68 Å². The summed E-state index contributed by atoms with van der Waals surface area (Å²) in [4.78, 5) is 31.2. The summed E-state index contributed by atoms with van der Waals surface area (Å²) in [6, 6.07) is 11.4. The molecule has 0 spiro atoms. The van der Waals surface area contributed by atoms with Crippen LogP contribution in [0.2, 0.25) is 0 Å². The molecular weight excluding hydrogens is 380 g/mol. The third-order valence-corrected chi connectivity index (χ3v) is 5.53. The zero-order valence-corrected chi connectivity index (χ0v) is 17.1. The van der Waals surface area contributed by atoms with Crippen LogP contribution in [0.15, 0.2) is 59.8 Å². The molecule has 1 saturated heterocycles. The van der Waals surface area contributed by atoms with E-state index >= 15 is 0 Å². The fourth-order valence-electron chi connectivity index (χ4n) is 3.76. The van der Waals surface area contributed by atoms with Crippen molar-refractivity contribution in [1.29, 1.82) is 0 Å². The lowest BCUT2D eigenvalue weighted by molar-refractivity contribution is -0.124. The lowest BCUT2D eigenvalue weighted by Gasteiger charge is -2.18. The molecule has 8 heteroatoms. The van der Waals surface area contributed by atoms with Crippen LogP contribution in [-0.2, 0) is 17.9 Å². The minimum Gasteiger partial charge on any atom is -0.369 e. The van der Waals surface area contributed by atoms with Gasteiger partial charge in [-0.15, -0.1) is 0 Å². The van der Waals surface area contributed by atoms with Gasteiger partial charge in [0.25, 0.3) is 5.56 Å². The Labute approximate surface area is 175 Å². The highest BCUT2D eigenvalue weighted by Gasteiger charge is 2.28. The van der Waals surface area contributed by atoms with Crippen molar-refractivity contribution in [2.24, 2.45) is 5.92 Å². The van der Waals surface area contributed by atoms with Crippen LogP contribution in [0.25, 0.3) is 0 Å². The quantitative estimate of drug-likeness (QED) is 0.642. The van der Waals surface area contributed by atoms with Crippen molar-refractivity contribution in [2.75, 3.05) is 24.5 Å². The van der Waals surface area contributed by atoms with Crippen LogP contribution in [0.4, 0.5) is 5.69 Å². The monoisotopic (exact) mass is 406 g/mol. The second kappa shape index (κ2) is 8.94. The molecule has 3 heterocycles. The number of nitrogens with zero attached hydrogens (tertiary/aromatic N) is 5. The highest BCUT2D eigenvalue weighted by atomic mass is 16.2. The highest BCUT2D eigenvalue weighted by molar-refractivity contribution is 5.80. The lowest BCUT2D eigenvalue weighted by Crippen LogP contribution is -2.35. The summed E-state index contributed by atoms with van der Waals surface area (Å²) in [6.07, 6.45) is 6.15. The van der Waals surface area contributed by atoms with Gasteiger partial charge in [0.05, 0.1) is 24.3 Å². The molecule has 0 bridgehead atoms. The molecule has 1 aliphatic heterocycles. The summed E-state index contributed by atoms with van der Waals surface area (Å²) >= 11 is 0. The van der Waals surface area contributed by atoms with Gasteiger partial charge in [0.2, 0.25) is 5.91 Å². The third kappa shape index (κ3) is 4.59. The smallest absolute Gasteiger partial charge is 0.269 e. The molecule has 0 unspecified atom stereocenters. The molecule has 30 heavy (non-hydrogen) atoms. The Hall–Kier alpha value is -3.42. The molecular formula is C22H26N6O2. The van der Waals surface area contributed by atoms with Crippen LogP contribution < -0.4 is 15.8 Å². The van der Waals surface area contributed by atoms with Gasteiger partial charge in [-0.2, -0.15) is 5.10 Å². The molecule has 0 radical (unpaired) electrons. The standard InChI is InChI=1S/C22H26N6O2/c1-17-23-8-11-26(17)12-9-24-22(30)19-7-10-27(16-19)20-13-21(29)28(25-14-20)15-18-5-3-2-4-6-18/h2-6,8,11,13-14,19H,7,9-10,12,15-16H2,1H3,(H,24,30)/t19-/m0/s1. The number of hydrogen-bond donors (Lipinski definition) is 1. The van der Waals surface area contributed by atoms with E-state index in [-0.39, 0.29) is 17.4 Å². The van der Waals surface area contributed by atoms with Gasteiger partial charge in [0.1, 0.15) is 5.82 Å². The molecule has 1 aliphatic rings. The predicted molar refractivity (Wildman–Crippen MR) is 114 cm³/mol. The maximum atomic E-state index is 12.5. The Morgan fingerprint density at radius 3 is 2.83 bits per heavy atom. The third-order valence-electron chi connectivity index (χ3n) is 5.53. The van der Waals surface area contributed by atoms with Gasteiger partial charge in [0, 0.05) is 44.6 Å². The molecule has 1 N–H and O–H groups in total. The van der Waals surface area contributed by atoms with Crippen molar-refractivity contribution in [3.63, 3.8) is 0 Å². The molecule has 0 saturated carbocycles. The molecule has 0 aliphatic carbocycles. The fraction of sp³-hybridized carbons (Fsp3) is 0.364. The molecule has 1 atom stereocenters. The van der Waals surface area contributed by atoms with E-state index in [1.807, 2.05) is 48.0 Å². The summed E-state index contributed by atoms with van der Waals surface area (Å²) in [7, 11) is 0. The van der Waals surface area contributed by atoms with Crippen LogP contribution in [0, 0.1) is 12.8 Å². The molecule has 1 fully saturated rings. The van der Waals surface area contributed by atoms with Crippen molar-refractivity contribution in [3.8, 4) is 0 Å². The first-order valence-corrected chi connectivity index (χ1v) is 10.2. The molecule has 8 nitrogen and oxygen atoms in total. The van der Waals surface area contributed by atoms with E-state index < -0.39 is 0 Å². The number of imidazole rings is 1. The first-order chi connectivity index (χ1) is 14.6. The molecule has 1 aromatic carbocycles. The number of amides is 1. The maximum absolute atomic E-state index is 12.5. The number of rotatable bonds is 7. The van der Waals surface area contributed by atoms with Gasteiger partial charge < -0.3 is 14.8 Å². The fourth-order valence-corrected chi connectivity index (χ4v) is 3.76. The number of aromatic nitrogens is 4. The first kappa shape index (κ1) is 19.9. The van der Waals surface area contributed by atoms with Crippen molar-refractivity contribution in [2.45, 2.75) is 26.4 Å². The van der Waals surface area contributed by atoms with Crippen LogP contribution in [0.5, 0.6) is 0 Å². The molecule has 2 aromatic heterocycles. The predicted octanol–water partition coefficient (Wildman–Crippen LogP) is 1.44. The van der Waals surface area contributed by atoms with E-state index in [9.17, 15) is 9.59 Å². The normalized spacial score (nSPS) is 16.0. The van der Waals surface area contributed by atoms with Crippen LogP contribution in [0.1, 0.15) is 17.8 Å². The topological polar surface area (TPSA) is 85.1 Å². The number of hydrogen-bond acceptors (Lipinski definition) is 5. The van der Waals surface area contributed by atoms with Crippen molar-refractivity contribution < 1.29 is 4.79 Å². The Morgan fingerprint density at radius 1 is 1.27 bits per heavy atom. The zero-order chi connectivity index (χ0) is 20.9. The summed E-state index contributed by atoms with van der Waals surface area (Å²) in [6.45, 7) is 5.00. The minimum atomic E-state index is -0.139. The second-order valence-electron chi connectivity index (χ2n) is 7.59. The minimum absolute atomic E-state index is 0.0562. The maximum Gasteiger partial charge on any atom is 0.269 e. The van der Waals surface area contributed by atoms with Crippen LogP contribution in [0.3, 0.4) is 0 Å². The van der Waals surface area contributed by atoms with Crippen molar-refractivity contribution in [3.05, 3.63) is 76.7 Å². The summed E-state index contributed by atoms with van der Waals surface area (Å²) < 4.78 is 3.47. The number of carbonyl (C=O) groups is 1. The van der Waals surface area contributed by atoms with E-state index in [0.29, 0.717) is 26.2 Å². The van der Waals surface area contributed by atoms with Gasteiger partial charge in [0.15, 0.2) is 0 Å². The average molecular weight is 406 g/mol.